The summed E-state index contributed by atoms with van der Waals surface area (Å²) in [4.78, 5) is 54.1. The molecule has 9 nitrogen and oxygen atoms in total. The van der Waals surface area contributed by atoms with Crippen molar-refractivity contribution in [3.63, 3.8) is 0 Å². The molecule has 0 saturated carbocycles. The van der Waals surface area contributed by atoms with Crippen LogP contribution in [0.2, 0.25) is 5.02 Å². The van der Waals surface area contributed by atoms with Crippen molar-refractivity contribution in [3.05, 3.63) is 115 Å². The molecule has 0 aliphatic carbocycles. The number of pyridine rings is 1. The molecule has 3 aromatic carbocycles. The molecule has 4 N–H and O–H groups in total. The number of amides is 1. The molecule has 1 amide bonds. The molecule has 0 unspecified atom stereocenters. The first-order valence-corrected chi connectivity index (χ1v) is 13.4. The Balaban J connectivity index is 1.69. The van der Waals surface area contributed by atoms with Crippen LogP contribution in [0.5, 0.6) is 0 Å². The molecule has 0 fully saturated rings. The van der Waals surface area contributed by atoms with Crippen molar-refractivity contribution >= 4 is 51.1 Å². The Bertz CT molecular complexity index is 2250. The summed E-state index contributed by atoms with van der Waals surface area (Å²) < 4.78 is 2.30. The zero-order valence-electron chi connectivity index (χ0n) is 22.9. The van der Waals surface area contributed by atoms with E-state index in [4.69, 9.17) is 17.3 Å². The maximum Gasteiger partial charge on any atom is 0.340 e. The summed E-state index contributed by atoms with van der Waals surface area (Å²) in [6.07, 6.45) is 2.09. The molecule has 0 spiro atoms. The van der Waals surface area contributed by atoms with E-state index < -0.39 is 22.8 Å². The first-order chi connectivity index (χ1) is 19.9. The number of aliphatic hydroxyl groups is 1. The van der Waals surface area contributed by atoms with Crippen LogP contribution in [0.1, 0.15) is 45.7 Å². The highest BCUT2D eigenvalue weighted by Gasteiger charge is 2.24. The van der Waals surface area contributed by atoms with Crippen LogP contribution in [-0.2, 0) is 5.60 Å². The number of hydrogen-bond acceptors (Lipinski definition) is 5. The van der Waals surface area contributed by atoms with Gasteiger partial charge in [0.15, 0.2) is 6.29 Å². The summed E-state index contributed by atoms with van der Waals surface area (Å²) in [5, 5.41) is 12.2. The van der Waals surface area contributed by atoms with E-state index in [9.17, 15) is 24.3 Å². The van der Waals surface area contributed by atoms with E-state index in [-0.39, 0.29) is 21.7 Å². The van der Waals surface area contributed by atoms with E-state index >= 15 is 0 Å². The lowest BCUT2D eigenvalue weighted by Gasteiger charge is -2.18. The second-order valence-electron chi connectivity index (χ2n) is 10.7. The van der Waals surface area contributed by atoms with Crippen molar-refractivity contribution < 1.29 is 14.7 Å². The maximum absolute atomic E-state index is 13.6. The van der Waals surface area contributed by atoms with Crippen molar-refractivity contribution in [2.24, 2.45) is 5.73 Å². The van der Waals surface area contributed by atoms with E-state index in [2.05, 4.69) is 4.98 Å². The van der Waals surface area contributed by atoms with Gasteiger partial charge in [0.2, 0.25) is 0 Å². The summed E-state index contributed by atoms with van der Waals surface area (Å²) in [6, 6.07) is 16.5. The van der Waals surface area contributed by atoms with Crippen LogP contribution in [0.25, 0.3) is 44.1 Å². The van der Waals surface area contributed by atoms with Crippen molar-refractivity contribution in [2.75, 3.05) is 0 Å². The first-order valence-electron chi connectivity index (χ1n) is 13.1. The molecular weight excluding hydrogens is 556 g/mol. The van der Waals surface area contributed by atoms with E-state index in [1.807, 2.05) is 18.2 Å². The highest BCUT2D eigenvalue weighted by molar-refractivity contribution is 6.37. The standard InChI is InChI=1S/C32H25ClN4O5/c1-16-19(7-4-8-24(16)37-26(39)14-25-17(15-38)6-5-11-36(25)31(37)41)27-22(33)13-21(30(34)40)29-28(27)20-10-9-18(32(2,3)42)12-23(20)35-29/h4-15,35,42H,1-3H3,(H2,34,40). The summed E-state index contributed by atoms with van der Waals surface area (Å²) >= 11 is 6.86. The van der Waals surface area contributed by atoms with Crippen LogP contribution in [0.15, 0.2) is 76.4 Å². The van der Waals surface area contributed by atoms with E-state index in [0.29, 0.717) is 50.6 Å². The van der Waals surface area contributed by atoms with Crippen LogP contribution in [0.4, 0.5) is 0 Å². The number of nitrogens with two attached hydrogens (primary N) is 1. The first kappa shape index (κ1) is 27.2. The molecule has 3 heterocycles. The molecule has 0 aliphatic heterocycles. The molecule has 3 aromatic heterocycles. The number of aldehydes is 1. The third-order valence-corrected chi connectivity index (χ3v) is 7.98. The van der Waals surface area contributed by atoms with Gasteiger partial charge in [-0.15, -0.1) is 0 Å². The Morgan fingerprint density at radius 1 is 1.07 bits per heavy atom. The fourth-order valence-electron chi connectivity index (χ4n) is 5.59. The smallest absolute Gasteiger partial charge is 0.340 e. The second kappa shape index (κ2) is 9.54. The molecule has 0 bridgehead atoms. The Labute approximate surface area is 243 Å². The summed E-state index contributed by atoms with van der Waals surface area (Å²) in [7, 11) is 0. The Morgan fingerprint density at radius 3 is 2.52 bits per heavy atom. The van der Waals surface area contributed by atoms with Gasteiger partial charge in [-0.1, -0.05) is 35.9 Å². The monoisotopic (exact) mass is 580 g/mol. The number of nitrogens with one attached hydrogen (secondary N) is 1. The molecule has 0 atom stereocenters. The molecule has 210 valence electrons. The van der Waals surface area contributed by atoms with Gasteiger partial charge in [-0.2, -0.15) is 0 Å². The average molecular weight is 581 g/mol. The highest BCUT2D eigenvalue weighted by Crippen LogP contribution is 2.43. The average Bonchev–Trinajstić information content (AvgIpc) is 3.31. The number of aromatic nitrogens is 3. The maximum atomic E-state index is 13.6. The minimum atomic E-state index is -1.10. The van der Waals surface area contributed by atoms with Gasteiger partial charge in [0.25, 0.3) is 11.5 Å². The topological polar surface area (TPSA) is 140 Å². The predicted octanol–water partition coefficient (Wildman–Crippen LogP) is 4.85. The van der Waals surface area contributed by atoms with Gasteiger partial charge in [-0.3, -0.25) is 18.8 Å². The van der Waals surface area contributed by atoms with E-state index in [1.165, 1.54) is 28.8 Å². The van der Waals surface area contributed by atoms with Gasteiger partial charge in [0.1, 0.15) is 0 Å². The molecular formula is C32H25ClN4O5. The third-order valence-electron chi connectivity index (χ3n) is 7.69. The molecule has 10 heteroatoms. The largest absolute Gasteiger partial charge is 0.386 e. The highest BCUT2D eigenvalue weighted by atomic mass is 35.5. The Kier molecular flexibility index (Phi) is 6.18. The van der Waals surface area contributed by atoms with Crippen LogP contribution in [0.3, 0.4) is 0 Å². The number of halogens is 1. The van der Waals surface area contributed by atoms with E-state index in [1.54, 1.807) is 45.0 Å². The lowest BCUT2D eigenvalue weighted by atomic mass is 9.92. The van der Waals surface area contributed by atoms with Crippen molar-refractivity contribution in [3.8, 4) is 16.8 Å². The number of H-pyrrole nitrogens is 1. The molecule has 0 radical (unpaired) electrons. The Hall–Kier alpha value is -4.99. The fraction of sp³-hybridized carbons (Fsp3) is 0.125. The molecule has 0 saturated heterocycles. The summed E-state index contributed by atoms with van der Waals surface area (Å²) in [5.74, 6) is -0.668. The van der Waals surface area contributed by atoms with Gasteiger partial charge in [-0.05, 0) is 67.8 Å². The normalized spacial score (nSPS) is 11.9. The third kappa shape index (κ3) is 4.05. The molecule has 6 aromatic rings. The summed E-state index contributed by atoms with van der Waals surface area (Å²) in [5.41, 5.74) is 7.97. The number of primary amides is 1. The number of fused-ring (bicyclic) bond motifs is 4. The lowest BCUT2D eigenvalue weighted by Crippen LogP contribution is -2.36. The number of hydrogen-bond donors (Lipinski definition) is 3. The predicted molar refractivity (Wildman–Crippen MR) is 163 cm³/mol. The van der Waals surface area contributed by atoms with Gasteiger partial charge < -0.3 is 15.8 Å². The number of benzene rings is 3. The summed E-state index contributed by atoms with van der Waals surface area (Å²) in [6.45, 7) is 5.14. The SMILES string of the molecule is Cc1c(-c2c(Cl)cc(C(N)=O)c3[nH]c4cc(C(C)(C)O)ccc4c23)cccc1-n1c(=O)cc2c(C=O)cccn2c1=O. The number of nitrogens with zero attached hydrogens (tertiary/aromatic N) is 2. The molecule has 42 heavy (non-hydrogen) atoms. The van der Waals surface area contributed by atoms with Gasteiger partial charge in [-0.25, -0.2) is 9.36 Å². The second-order valence-corrected chi connectivity index (χ2v) is 11.1. The minimum Gasteiger partial charge on any atom is -0.386 e. The quantitative estimate of drug-likeness (QED) is 0.250. The molecule has 0 aliphatic rings. The van der Waals surface area contributed by atoms with Crippen LogP contribution < -0.4 is 17.0 Å². The van der Waals surface area contributed by atoms with Crippen molar-refractivity contribution in [2.45, 2.75) is 26.4 Å². The van der Waals surface area contributed by atoms with Gasteiger partial charge >= 0.3 is 5.69 Å². The zero-order chi connectivity index (χ0) is 30.1. The van der Waals surface area contributed by atoms with Crippen molar-refractivity contribution in [1.82, 2.24) is 14.0 Å². The molecule has 6 rings (SSSR count). The van der Waals surface area contributed by atoms with Crippen LogP contribution >= 0.6 is 11.6 Å². The van der Waals surface area contributed by atoms with Crippen LogP contribution in [0, 0.1) is 6.92 Å². The van der Waals surface area contributed by atoms with E-state index in [0.717, 1.165) is 9.95 Å². The zero-order valence-corrected chi connectivity index (χ0v) is 23.6. The minimum absolute atomic E-state index is 0.198. The van der Waals surface area contributed by atoms with Gasteiger partial charge in [0.05, 0.1) is 27.9 Å². The number of carbonyl (C=O) groups is 2. The van der Waals surface area contributed by atoms with Crippen LogP contribution in [-0.4, -0.2) is 31.3 Å². The number of rotatable bonds is 5. The number of aromatic amines is 1. The van der Waals surface area contributed by atoms with Crippen molar-refractivity contribution in [1.29, 1.82) is 0 Å². The Morgan fingerprint density at radius 2 is 1.83 bits per heavy atom. The lowest BCUT2D eigenvalue weighted by molar-refractivity contribution is 0.0787. The number of carbonyl (C=O) groups excluding carboxylic acids is 2. The fourth-order valence-corrected chi connectivity index (χ4v) is 5.89. The van der Waals surface area contributed by atoms with Gasteiger partial charge in [0, 0.05) is 44.7 Å².